The molecule has 7 nitrogen and oxygen atoms in total. The molecule has 0 fully saturated rings. The van der Waals surface area contributed by atoms with Crippen molar-refractivity contribution in [2.45, 2.75) is 12.8 Å². The molecule has 0 aliphatic carbocycles. The van der Waals surface area contributed by atoms with Crippen LogP contribution in [-0.4, -0.2) is 20.2 Å². The molecule has 1 atom stereocenters. The van der Waals surface area contributed by atoms with Gasteiger partial charge in [-0.2, -0.15) is 0 Å². The summed E-state index contributed by atoms with van der Waals surface area (Å²) in [5.41, 5.74) is 3.78. The molecule has 1 aliphatic heterocycles. The Morgan fingerprint density at radius 1 is 0.865 bits per heavy atom. The maximum absolute atomic E-state index is 13.6. The number of para-hydroxylation sites is 1. The highest BCUT2D eigenvalue weighted by atomic mass is 16.6. The lowest BCUT2D eigenvalue weighted by atomic mass is 9.79. The second-order valence-electron chi connectivity index (χ2n) is 8.83. The van der Waals surface area contributed by atoms with Crippen LogP contribution in [0.5, 0.6) is 17.2 Å². The average Bonchev–Trinajstić information content (AvgIpc) is 2.91. The molecular weight excluding hydrogens is 470 g/mol. The van der Waals surface area contributed by atoms with Crippen molar-refractivity contribution in [2.24, 2.45) is 0 Å². The van der Waals surface area contributed by atoms with Crippen LogP contribution in [-0.2, 0) is 4.79 Å². The molecule has 1 aliphatic rings. The van der Waals surface area contributed by atoms with Gasteiger partial charge in [0.15, 0.2) is 11.5 Å². The predicted molar refractivity (Wildman–Crippen MR) is 142 cm³/mol. The van der Waals surface area contributed by atoms with E-state index in [-0.39, 0.29) is 5.75 Å². The standard InChI is InChI=1S/C30H23NO6/c1-16(32)36-29-23(34-2)14-18(15-24(29)35-3)25-26-19-9-5-4-8-17(19)12-13-21(26)31-28-20-10-6-7-11-22(20)37-30(33)27(25)28/h4-15,25,31H,1-3H3. The molecule has 1 N–H and O–H groups in total. The Hall–Kier alpha value is -4.78. The lowest BCUT2D eigenvalue weighted by Crippen LogP contribution is -2.23. The molecule has 0 bridgehead atoms. The second kappa shape index (κ2) is 8.71. The molecule has 4 aromatic carbocycles. The third-order valence-electron chi connectivity index (χ3n) is 6.72. The van der Waals surface area contributed by atoms with Crippen LogP contribution in [0.3, 0.4) is 0 Å². The monoisotopic (exact) mass is 493 g/mol. The topological polar surface area (TPSA) is 87.0 Å². The number of anilines is 2. The smallest absolute Gasteiger partial charge is 0.342 e. The molecule has 0 spiro atoms. The SMILES string of the molecule is COc1cc(C2c3c(c4ccccc4oc3=O)Nc3ccc4ccccc4c32)cc(OC)c1OC(C)=O. The highest BCUT2D eigenvalue weighted by molar-refractivity contribution is 6.00. The Kier molecular flexibility index (Phi) is 5.34. The Morgan fingerprint density at radius 2 is 1.54 bits per heavy atom. The molecule has 5 aromatic rings. The van der Waals surface area contributed by atoms with Crippen LogP contribution in [0, 0.1) is 0 Å². The van der Waals surface area contributed by atoms with Gasteiger partial charge in [-0.3, -0.25) is 4.79 Å². The zero-order valence-corrected chi connectivity index (χ0v) is 20.5. The summed E-state index contributed by atoms with van der Waals surface area (Å²) in [5, 5.41) is 6.36. The molecule has 0 saturated heterocycles. The molecule has 1 unspecified atom stereocenters. The van der Waals surface area contributed by atoms with Crippen molar-refractivity contribution in [3.05, 3.63) is 99.9 Å². The van der Waals surface area contributed by atoms with Crippen LogP contribution in [0.25, 0.3) is 21.7 Å². The van der Waals surface area contributed by atoms with E-state index in [0.29, 0.717) is 28.3 Å². The van der Waals surface area contributed by atoms with Crippen LogP contribution >= 0.6 is 0 Å². The number of fused-ring (bicyclic) bond motifs is 6. The molecule has 7 heteroatoms. The maximum atomic E-state index is 13.6. The van der Waals surface area contributed by atoms with Gasteiger partial charge in [0.2, 0.25) is 5.75 Å². The highest BCUT2D eigenvalue weighted by Gasteiger charge is 2.35. The first-order valence-corrected chi connectivity index (χ1v) is 11.8. The number of ether oxygens (including phenoxy) is 3. The van der Waals surface area contributed by atoms with Crippen molar-refractivity contribution in [3.8, 4) is 17.2 Å². The molecule has 6 rings (SSSR count). The van der Waals surface area contributed by atoms with Gasteiger partial charge in [0.05, 0.1) is 25.5 Å². The molecule has 2 heterocycles. The number of carbonyl (C=O) groups excluding carboxylic acids is 1. The van der Waals surface area contributed by atoms with E-state index in [1.807, 2.05) is 48.5 Å². The maximum Gasteiger partial charge on any atom is 0.342 e. The van der Waals surface area contributed by atoms with Crippen LogP contribution in [0.2, 0.25) is 0 Å². The first kappa shape index (κ1) is 22.7. The van der Waals surface area contributed by atoms with Gasteiger partial charge in [-0.1, -0.05) is 42.5 Å². The minimum atomic E-state index is -0.521. The normalized spacial score (nSPS) is 14.0. The van der Waals surface area contributed by atoms with E-state index in [1.54, 1.807) is 18.2 Å². The van der Waals surface area contributed by atoms with E-state index in [4.69, 9.17) is 18.6 Å². The summed E-state index contributed by atoms with van der Waals surface area (Å²) in [7, 11) is 2.99. The summed E-state index contributed by atoms with van der Waals surface area (Å²) in [4.78, 5) is 25.4. The number of esters is 1. The molecular formula is C30H23NO6. The highest BCUT2D eigenvalue weighted by Crippen LogP contribution is 2.51. The van der Waals surface area contributed by atoms with Gasteiger partial charge in [0.1, 0.15) is 5.58 Å². The average molecular weight is 494 g/mol. The number of benzene rings is 4. The van der Waals surface area contributed by atoms with E-state index in [2.05, 4.69) is 11.4 Å². The lowest BCUT2D eigenvalue weighted by Gasteiger charge is -2.31. The second-order valence-corrected chi connectivity index (χ2v) is 8.83. The molecule has 184 valence electrons. The molecule has 0 saturated carbocycles. The Balaban J connectivity index is 1.72. The van der Waals surface area contributed by atoms with E-state index < -0.39 is 17.5 Å². The molecule has 1 aromatic heterocycles. The van der Waals surface area contributed by atoms with Crippen LogP contribution in [0.4, 0.5) is 11.4 Å². The Morgan fingerprint density at radius 3 is 2.24 bits per heavy atom. The van der Waals surface area contributed by atoms with Gasteiger partial charge in [-0.25, -0.2) is 4.79 Å². The number of hydrogen-bond acceptors (Lipinski definition) is 7. The first-order chi connectivity index (χ1) is 18.0. The minimum absolute atomic E-state index is 0.180. The molecule has 37 heavy (non-hydrogen) atoms. The van der Waals surface area contributed by atoms with Crippen molar-refractivity contribution in [1.29, 1.82) is 0 Å². The van der Waals surface area contributed by atoms with Gasteiger partial charge >= 0.3 is 11.6 Å². The minimum Gasteiger partial charge on any atom is -0.493 e. The van der Waals surface area contributed by atoms with Crippen molar-refractivity contribution in [2.75, 3.05) is 19.5 Å². The summed E-state index contributed by atoms with van der Waals surface area (Å²) in [6, 6.07) is 23.1. The summed E-state index contributed by atoms with van der Waals surface area (Å²) >= 11 is 0. The van der Waals surface area contributed by atoms with Gasteiger partial charge in [0, 0.05) is 23.9 Å². The van der Waals surface area contributed by atoms with Crippen LogP contribution in [0.1, 0.15) is 29.5 Å². The van der Waals surface area contributed by atoms with Gasteiger partial charge in [-0.15, -0.1) is 0 Å². The van der Waals surface area contributed by atoms with Gasteiger partial charge in [0.25, 0.3) is 0 Å². The van der Waals surface area contributed by atoms with Crippen molar-refractivity contribution >= 4 is 39.1 Å². The Bertz CT molecular complexity index is 1750. The quantitative estimate of drug-likeness (QED) is 0.180. The summed E-state index contributed by atoms with van der Waals surface area (Å²) in [6.07, 6.45) is 0. The van der Waals surface area contributed by atoms with E-state index >= 15 is 0 Å². The number of hydrogen-bond donors (Lipinski definition) is 1. The zero-order valence-electron chi connectivity index (χ0n) is 20.5. The fraction of sp³-hybridized carbons (Fsp3) is 0.133. The van der Waals surface area contributed by atoms with Crippen molar-refractivity contribution in [1.82, 2.24) is 0 Å². The molecule has 0 amide bonds. The third kappa shape index (κ3) is 3.59. The van der Waals surface area contributed by atoms with Crippen molar-refractivity contribution < 1.29 is 23.4 Å². The fourth-order valence-corrected chi connectivity index (χ4v) is 5.20. The Labute approximate surface area is 212 Å². The summed E-state index contributed by atoms with van der Waals surface area (Å²) < 4.78 is 22.4. The van der Waals surface area contributed by atoms with Gasteiger partial charge in [-0.05, 0) is 52.2 Å². The van der Waals surface area contributed by atoms with Crippen molar-refractivity contribution in [3.63, 3.8) is 0 Å². The van der Waals surface area contributed by atoms with E-state index in [0.717, 1.165) is 33.0 Å². The van der Waals surface area contributed by atoms with Crippen LogP contribution < -0.4 is 25.2 Å². The van der Waals surface area contributed by atoms with Crippen LogP contribution in [0.15, 0.2) is 82.0 Å². The predicted octanol–water partition coefficient (Wildman–Crippen LogP) is 6.13. The van der Waals surface area contributed by atoms with E-state index in [9.17, 15) is 9.59 Å². The zero-order chi connectivity index (χ0) is 25.7. The third-order valence-corrected chi connectivity index (χ3v) is 6.72. The van der Waals surface area contributed by atoms with E-state index in [1.165, 1.54) is 21.1 Å². The summed E-state index contributed by atoms with van der Waals surface area (Å²) in [6.45, 7) is 1.31. The fourth-order valence-electron chi connectivity index (χ4n) is 5.20. The number of carbonyl (C=O) groups is 1. The number of nitrogens with one attached hydrogen (secondary N) is 1. The first-order valence-electron chi connectivity index (χ1n) is 11.8. The lowest BCUT2D eigenvalue weighted by molar-refractivity contribution is -0.132. The summed E-state index contributed by atoms with van der Waals surface area (Å²) in [5.74, 6) is -0.209. The largest absolute Gasteiger partial charge is 0.493 e. The van der Waals surface area contributed by atoms with Gasteiger partial charge < -0.3 is 23.9 Å². The number of methoxy groups -OCH3 is 2. The molecule has 0 radical (unpaired) electrons. The number of rotatable bonds is 4.